The van der Waals surface area contributed by atoms with Crippen molar-refractivity contribution >= 4 is 28.2 Å². The predicted octanol–water partition coefficient (Wildman–Crippen LogP) is 4.03. The lowest BCUT2D eigenvalue weighted by molar-refractivity contribution is 0.146. The molecule has 1 saturated heterocycles. The summed E-state index contributed by atoms with van der Waals surface area (Å²) in [4.78, 5) is 6.84. The average molecular weight is 304 g/mol. The number of rotatable bonds is 2. The molecule has 1 aliphatic rings. The Labute approximate surface area is 131 Å². The van der Waals surface area contributed by atoms with Crippen molar-refractivity contribution in [3.05, 3.63) is 35.5 Å². The highest BCUT2D eigenvalue weighted by molar-refractivity contribution is 6.35. The number of nitrogens with zero attached hydrogens (tertiary/aromatic N) is 2. The molecule has 3 unspecified atom stereocenters. The van der Waals surface area contributed by atoms with Crippen molar-refractivity contribution in [1.82, 2.24) is 9.88 Å². The van der Waals surface area contributed by atoms with Crippen LogP contribution in [0.5, 0.6) is 0 Å². The van der Waals surface area contributed by atoms with Gasteiger partial charge < -0.3 is 10.2 Å². The summed E-state index contributed by atoms with van der Waals surface area (Å²) in [5.41, 5.74) is 2.01. The molecule has 21 heavy (non-hydrogen) atoms. The Balaban J connectivity index is 1.90. The van der Waals surface area contributed by atoms with Crippen LogP contribution in [-0.4, -0.2) is 35.6 Å². The number of hydrogen-bond donors (Lipinski definition) is 1. The zero-order chi connectivity index (χ0) is 15.0. The van der Waals surface area contributed by atoms with Crippen molar-refractivity contribution in [1.29, 1.82) is 0 Å². The number of fused-ring (bicyclic) bond motifs is 1. The van der Waals surface area contributed by atoms with Gasteiger partial charge in [0.15, 0.2) is 0 Å². The molecule has 1 fully saturated rings. The second-order valence-electron chi connectivity index (χ2n) is 6.25. The molecule has 1 aromatic heterocycles. The Morgan fingerprint density at radius 1 is 1.29 bits per heavy atom. The van der Waals surface area contributed by atoms with Gasteiger partial charge in [0.25, 0.3) is 0 Å². The predicted molar refractivity (Wildman–Crippen MR) is 90.0 cm³/mol. The van der Waals surface area contributed by atoms with E-state index in [4.69, 9.17) is 11.6 Å². The molecule has 4 heteroatoms. The number of pyridine rings is 1. The first kappa shape index (κ1) is 14.6. The van der Waals surface area contributed by atoms with Gasteiger partial charge in [-0.1, -0.05) is 18.5 Å². The molecule has 2 aromatic rings. The van der Waals surface area contributed by atoms with E-state index in [1.807, 2.05) is 12.1 Å². The normalized spacial score (nSPS) is 27.0. The van der Waals surface area contributed by atoms with Gasteiger partial charge in [0.05, 0.1) is 10.5 Å². The molecule has 3 nitrogen and oxygen atoms in total. The minimum atomic E-state index is 0.487. The van der Waals surface area contributed by atoms with Crippen molar-refractivity contribution in [2.45, 2.75) is 32.4 Å². The van der Waals surface area contributed by atoms with Gasteiger partial charge in [-0.25, -0.2) is 0 Å². The van der Waals surface area contributed by atoms with E-state index < -0.39 is 0 Å². The minimum absolute atomic E-state index is 0.487. The van der Waals surface area contributed by atoms with E-state index in [0.29, 0.717) is 23.0 Å². The monoisotopic (exact) mass is 303 g/mol. The number of nitrogens with one attached hydrogen (secondary N) is 1. The highest BCUT2D eigenvalue weighted by Gasteiger charge is 2.29. The van der Waals surface area contributed by atoms with Crippen LogP contribution in [0.3, 0.4) is 0 Å². The minimum Gasteiger partial charge on any atom is -0.381 e. The van der Waals surface area contributed by atoms with Crippen molar-refractivity contribution in [3.63, 3.8) is 0 Å². The summed E-state index contributed by atoms with van der Waals surface area (Å²) >= 11 is 6.25. The molecule has 0 saturated carbocycles. The maximum atomic E-state index is 6.25. The fraction of sp³-hybridized carbons (Fsp3) is 0.471. The van der Waals surface area contributed by atoms with E-state index in [1.54, 1.807) is 6.20 Å². The van der Waals surface area contributed by atoms with Crippen molar-refractivity contribution in [2.75, 3.05) is 18.9 Å². The lowest BCUT2D eigenvalue weighted by Gasteiger charge is -2.40. The fourth-order valence-corrected chi connectivity index (χ4v) is 3.42. The maximum absolute atomic E-state index is 6.25. The lowest BCUT2D eigenvalue weighted by atomic mass is 9.89. The topological polar surface area (TPSA) is 28.2 Å². The molecular weight excluding hydrogens is 282 g/mol. The largest absolute Gasteiger partial charge is 0.381 e. The van der Waals surface area contributed by atoms with Gasteiger partial charge >= 0.3 is 0 Å². The summed E-state index contributed by atoms with van der Waals surface area (Å²) in [6, 6.07) is 9.14. The van der Waals surface area contributed by atoms with E-state index >= 15 is 0 Å². The number of piperidine rings is 1. The van der Waals surface area contributed by atoms with Gasteiger partial charge in [0.2, 0.25) is 0 Å². The number of hydrogen-bond acceptors (Lipinski definition) is 3. The van der Waals surface area contributed by atoms with Crippen molar-refractivity contribution in [2.24, 2.45) is 5.92 Å². The Kier molecular flexibility index (Phi) is 4.05. The van der Waals surface area contributed by atoms with E-state index in [-0.39, 0.29) is 0 Å². The highest BCUT2D eigenvalue weighted by atomic mass is 35.5. The zero-order valence-electron chi connectivity index (χ0n) is 12.8. The first-order valence-corrected chi connectivity index (χ1v) is 7.94. The van der Waals surface area contributed by atoms with Crippen molar-refractivity contribution < 1.29 is 0 Å². The van der Waals surface area contributed by atoms with Gasteiger partial charge in [-0.2, -0.15) is 0 Å². The molecule has 0 bridgehead atoms. The number of halogens is 1. The second-order valence-corrected chi connectivity index (χ2v) is 6.65. The van der Waals surface area contributed by atoms with Crippen LogP contribution in [0.25, 0.3) is 10.9 Å². The SMILES string of the molecule is CC1CN(C)C(C)CC1Nc1ccc(Cl)c2ncccc12. The van der Waals surface area contributed by atoms with Gasteiger partial charge in [0.1, 0.15) is 0 Å². The Hall–Kier alpha value is -1.32. The second kappa shape index (κ2) is 5.82. The third-order valence-corrected chi connectivity index (χ3v) is 4.98. The zero-order valence-corrected chi connectivity index (χ0v) is 13.6. The maximum Gasteiger partial charge on any atom is 0.0908 e. The van der Waals surface area contributed by atoms with Crippen LogP contribution in [0, 0.1) is 5.92 Å². The van der Waals surface area contributed by atoms with Crippen LogP contribution in [0.1, 0.15) is 20.3 Å². The third-order valence-electron chi connectivity index (χ3n) is 4.67. The standard InChI is InChI=1S/C17H22ClN3/c1-11-10-21(3)12(2)9-16(11)20-15-7-6-14(18)17-13(15)5-4-8-19-17/h4-8,11-12,16,20H,9-10H2,1-3H3. The van der Waals surface area contributed by atoms with Crippen molar-refractivity contribution in [3.8, 4) is 0 Å². The number of anilines is 1. The van der Waals surface area contributed by atoms with Crippen LogP contribution >= 0.6 is 11.6 Å². The molecule has 0 aliphatic carbocycles. The van der Waals surface area contributed by atoms with Gasteiger partial charge in [0, 0.05) is 35.9 Å². The Morgan fingerprint density at radius 3 is 2.90 bits per heavy atom. The molecule has 1 aliphatic heterocycles. The fourth-order valence-electron chi connectivity index (χ4n) is 3.21. The highest BCUT2D eigenvalue weighted by Crippen LogP contribution is 2.31. The van der Waals surface area contributed by atoms with Crippen LogP contribution < -0.4 is 5.32 Å². The van der Waals surface area contributed by atoms with E-state index in [9.17, 15) is 0 Å². The number of likely N-dealkylation sites (tertiary alicyclic amines) is 1. The Bertz CT molecular complexity index is 643. The van der Waals surface area contributed by atoms with Gasteiger partial charge in [-0.3, -0.25) is 4.98 Å². The van der Waals surface area contributed by atoms with E-state index in [2.05, 4.69) is 48.2 Å². The van der Waals surface area contributed by atoms with Gasteiger partial charge in [-0.15, -0.1) is 0 Å². The summed E-state index contributed by atoms with van der Waals surface area (Å²) in [6.07, 6.45) is 2.94. The Morgan fingerprint density at radius 2 is 2.10 bits per heavy atom. The number of benzene rings is 1. The molecular formula is C17H22ClN3. The van der Waals surface area contributed by atoms with E-state index in [1.165, 1.54) is 0 Å². The number of aromatic nitrogens is 1. The lowest BCUT2D eigenvalue weighted by Crippen LogP contribution is -2.48. The summed E-state index contributed by atoms with van der Waals surface area (Å²) < 4.78 is 0. The first-order chi connectivity index (χ1) is 10.1. The molecule has 0 spiro atoms. The smallest absolute Gasteiger partial charge is 0.0908 e. The molecule has 112 valence electrons. The van der Waals surface area contributed by atoms with E-state index in [0.717, 1.165) is 29.6 Å². The summed E-state index contributed by atoms with van der Waals surface area (Å²) in [5, 5.41) is 5.54. The summed E-state index contributed by atoms with van der Waals surface area (Å²) in [7, 11) is 2.21. The molecule has 1 N–H and O–H groups in total. The molecule has 0 radical (unpaired) electrons. The third kappa shape index (κ3) is 2.85. The van der Waals surface area contributed by atoms with Crippen LogP contribution in [0.2, 0.25) is 5.02 Å². The van der Waals surface area contributed by atoms with Crippen LogP contribution in [-0.2, 0) is 0 Å². The van der Waals surface area contributed by atoms with Gasteiger partial charge in [-0.05, 0) is 50.6 Å². The quantitative estimate of drug-likeness (QED) is 0.908. The first-order valence-electron chi connectivity index (χ1n) is 7.56. The summed E-state index contributed by atoms with van der Waals surface area (Å²) in [5.74, 6) is 0.619. The molecule has 1 aromatic carbocycles. The van der Waals surface area contributed by atoms with Crippen LogP contribution in [0.15, 0.2) is 30.5 Å². The molecule has 3 rings (SSSR count). The summed E-state index contributed by atoms with van der Waals surface area (Å²) in [6.45, 7) is 5.74. The molecule has 3 atom stereocenters. The average Bonchev–Trinajstić information content (AvgIpc) is 2.48. The molecule has 0 amide bonds. The molecule has 2 heterocycles. The van der Waals surface area contributed by atoms with Crippen LogP contribution in [0.4, 0.5) is 5.69 Å².